The number of benzene rings is 1. The summed E-state index contributed by atoms with van der Waals surface area (Å²) >= 11 is 6.05. The van der Waals surface area contributed by atoms with E-state index in [9.17, 15) is 9.59 Å². The highest BCUT2D eigenvalue weighted by atomic mass is 35.5. The van der Waals surface area contributed by atoms with Crippen LogP contribution in [0.15, 0.2) is 41.5 Å². The SMILES string of the molecule is CCCN(Cc1nc2cc(Cl)ccc2c(=O)[nH]1)C(=O)NC1CCCN(c2ncccn2)C1. The van der Waals surface area contributed by atoms with Crippen LogP contribution >= 0.6 is 11.6 Å². The van der Waals surface area contributed by atoms with Crippen molar-refractivity contribution in [2.45, 2.75) is 38.8 Å². The first-order valence-corrected chi connectivity index (χ1v) is 11.2. The van der Waals surface area contributed by atoms with Gasteiger partial charge in [-0.15, -0.1) is 0 Å². The lowest BCUT2D eigenvalue weighted by atomic mass is 10.1. The number of fused-ring (bicyclic) bond motifs is 1. The zero-order valence-corrected chi connectivity index (χ0v) is 18.7. The molecular formula is C22H26ClN7O2. The maximum atomic E-state index is 13.1. The Morgan fingerprint density at radius 1 is 1.34 bits per heavy atom. The summed E-state index contributed by atoms with van der Waals surface area (Å²) in [7, 11) is 0. The summed E-state index contributed by atoms with van der Waals surface area (Å²) in [5, 5.41) is 4.11. The minimum absolute atomic E-state index is 0.0122. The average molecular weight is 456 g/mol. The molecule has 0 bridgehead atoms. The second kappa shape index (κ2) is 9.95. The highest BCUT2D eigenvalue weighted by Gasteiger charge is 2.25. The molecule has 9 nitrogen and oxygen atoms in total. The van der Waals surface area contributed by atoms with Gasteiger partial charge >= 0.3 is 6.03 Å². The highest BCUT2D eigenvalue weighted by Crippen LogP contribution is 2.17. The van der Waals surface area contributed by atoms with Crippen LogP contribution in [0.2, 0.25) is 5.02 Å². The Labute approximate surface area is 190 Å². The van der Waals surface area contributed by atoms with Crippen molar-refractivity contribution in [3.05, 3.63) is 57.9 Å². The van der Waals surface area contributed by atoms with Crippen LogP contribution in [-0.4, -0.2) is 56.5 Å². The summed E-state index contributed by atoms with van der Waals surface area (Å²) in [6.07, 6.45) is 6.05. The summed E-state index contributed by atoms with van der Waals surface area (Å²) < 4.78 is 0. The fourth-order valence-electron chi connectivity index (χ4n) is 3.94. The van der Waals surface area contributed by atoms with Crippen molar-refractivity contribution < 1.29 is 4.79 Å². The van der Waals surface area contributed by atoms with E-state index in [1.54, 1.807) is 41.6 Å². The number of nitrogens with one attached hydrogen (secondary N) is 2. The monoisotopic (exact) mass is 455 g/mol. The van der Waals surface area contributed by atoms with Gasteiger partial charge in [0.15, 0.2) is 0 Å². The molecule has 1 aromatic carbocycles. The van der Waals surface area contributed by atoms with Gasteiger partial charge < -0.3 is 20.1 Å². The molecule has 10 heteroatoms. The van der Waals surface area contributed by atoms with Gasteiger partial charge in [-0.3, -0.25) is 4.79 Å². The number of anilines is 1. The number of rotatable bonds is 6. The van der Waals surface area contributed by atoms with E-state index in [4.69, 9.17) is 11.6 Å². The number of hydrogen-bond donors (Lipinski definition) is 2. The van der Waals surface area contributed by atoms with Gasteiger partial charge in [-0.1, -0.05) is 18.5 Å². The minimum atomic E-state index is -0.246. The minimum Gasteiger partial charge on any atom is -0.339 e. The van der Waals surface area contributed by atoms with E-state index in [1.807, 2.05) is 6.92 Å². The van der Waals surface area contributed by atoms with Crippen LogP contribution in [0.4, 0.5) is 10.7 Å². The second-order valence-corrected chi connectivity index (χ2v) is 8.32. The first kappa shape index (κ1) is 22.0. The van der Waals surface area contributed by atoms with Gasteiger partial charge in [0, 0.05) is 43.1 Å². The van der Waals surface area contributed by atoms with Gasteiger partial charge in [-0.2, -0.15) is 0 Å². The van der Waals surface area contributed by atoms with Crippen molar-refractivity contribution in [1.29, 1.82) is 0 Å². The molecule has 168 valence electrons. The van der Waals surface area contributed by atoms with Crippen molar-refractivity contribution in [3.63, 3.8) is 0 Å². The number of aromatic amines is 1. The maximum Gasteiger partial charge on any atom is 0.318 e. The number of hydrogen-bond acceptors (Lipinski definition) is 6. The zero-order valence-electron chi connectivity index (χ0n) is 17.9. The molecule has 0 radical (unpaired) electrons. The summed E-state index contributed by atoms with van der Waals surface area (Å²) in [5.74, 6) is 1.10. The number of urea groups is 1. The Balaban J connectivity index is 1.46. The third kappa shape index (κ3) is 5.16. The van der Waals surface area contributed by atoms with Crippen LogP contribution in [0.3, 0.4) is 0 Å². The van der Waals surface area contributed by atoms with E-state index in [1.165, 1.54) is 0 Å². The molecule has 3 heterocycles. The normalized spacial score (nSPS) is 16.2. The molecule has 1 unspecified atom stereocenters. The number of piperidine rings is 1. The molecule has 3 aromatic rings. The van der Waals surface area contributed by atoms with Gasteiger partial charge in [0.1, 0.15) is 5.82 Å². The second-order valence-electron chi connectivity index (χ2n) is 7.88. The number of nitrogens with zero attached hydrogens (tertiary/aromatic N) is 5. The van der Waals surface area contributed by atoms with Crippen LogP contribution < -0.4 is 15.8 Å². The van der Waals surface area contributed by atoms with Gasteiger partial charge in [0.25, 0.3) is 5.56 Å². The number of aromatic nitrogens is 4. The topological polar surface area (TPSA) is 107 Å². The third-order valence-electron chi connectivity index (χ3n) is 5.42. The van der Waals surface area contributed by atoms with Gasteiger partial charge in [-0.25, -0.2) is 19.7 Å². The highest BCUT2D eigenvalue weighted by molar-refractivity contribution is 6.31. The Bertz CT molecular complexity index is 1140. The summed E-state index contributed by atoms with van der Waals surface area (Å²) in [6.45, 7) is 4.27. The van der Waals surface area contributed by atoms with E-state index in [0.717, 1.165) is 25.8 Å². The molecule has 2 N–H and O–H groups in total. The molecule has 1 aliphatic rings. The van der Waals surface area contributed by atoms with Crippen molar-refractivity contribution >= 4 is 34.5 Å². The number of carbonyl (C=O) groups is 1. The Morgan fingerprint density at radius 2 is 2.16 bits per heavy atom. The smallest absolute Gasteiger partial charge is 0.318 e. The number of halogens is 1. The molecule has 1 aliphatic heterocycles. The first-order chi connectivity index (χ1) is 15.5. The summed E-state index contributed by atoms with van der Waals surface area (Å²) in [6, 6.07) is 6.56. The standard InChI is InChI=1S/C22H26ClN7O2/c1-2-10-30(14-19-27-18-12-15(23)6-7-17(18)20(31)28-19)22(32)26-16-5-3-11-29(13-16)21-24-8-4-9-25-21/h4,6-9,12,16H,2-3,5,10-11,13-14H2,1H3,(H,26,32)(H,27,28,31). The number of H-pyrrole nitrogens is 1. The largest absolute Gasteiger partial charge is 0.339 e. The van der Waals surface area contributed by atoms with Crippen LogP contribution in [-0.2, 0) is 6.54 Å². The lowest BCUT2D eigenvalue weighted by Gasteiger charge is -2.34. The van der Waals surface area contributed by atoms with E-state index in [-0.39, 0.29) is 24.2 Å². The number of carbonyl (C=O) groups excluding carboxylic acids is 1. The lowest BCUT2D eigenvalue weighted by molar-refractivity contribution is 0.188. The van der Waals surface area contributed by atoms with Crippen molar-refractivity contribution in [3.8, 4) is 0 Å². The molecule has 1 fully saturated rings. The van der Waals surface area contributed by atoms with Crippen LogP contribution in [0, 0.1) is 0 Å². The molecule has 0 aliphatic carbocycles. The molecule has 1 atom stereocenters. The van der Waals surface area contributed by atoms with E-state index in [2.05, 4.69) is 30.2 Å². The Kier molecular flexibility index (Phi) is 6.84. The van der Waals surface area contributed by atoms with Crippen LogP contribution in [0.25, 0.3) is 10.9 Å². The van der Waals surface area contributed by atoms with Crippen molar-refractivity contribution in [1.82, 2.24) is 30.2 Å². The van der Waals surface area contributed by atoms with Gasteiger partial charge in [0.2, 0.25) is 5.95 Å². The Morgan fingerprint density at radius 3 is 2.94 bits per heavy atom. The quantitative estimate of drug-likeness (QED) is 0.591. The maximum absolute atomic E-state index is 13.1. The third-order valence-corrected chi connectivity index (χ3v) is 5.66. The number of amides is 2. The molecule has 2 aromatic heterocycles. The molecule has 4 rings (SSSR count). The average Bonchev–Trinajstić information content (AvgIpc) is 2.79. The molecular weight excluding hydrogens is 430 g/mol. The van der Waals surface area contributed by atoms with E-state index in [0.29, 0.717) is 40.8 Å². The molecule has 32 heavy (non-hydrogen) atoms. The van der Waals surface area contributed by atoms with Gasteiger partial charge in [-0.05, 0) is 43.5 Å². The summed E-state index contributed by atoms with van der Waals surface area (Å²) in [5.41, 5.74) is 0.267. The fraction of sp³-hybridized carbons (Fsp3) is 0.409. The molecule has 0 spiro atoms. The van der Waals surface area contributed by atoms with E-state index < -0.39 is 0 Å². The summed E-state index contributed by atoms with van der Waals surface area (Å²) in [4.78, 5) is 45.2. The first-order valence-electron chi connectivity index (χ1n) is 10.8. The van der Waals surface area contributed by atoms with Crippen molar-refractivity contribution in [2.24, 2.45) is 0 Å². The van der Waals surface area contributed by atoms with Crippen LogP contribution in [0.1, 0.15) is 32.0 Å². The molecule has 0 saturated carbocycles. The molecule has 1 saturated heterocycles. The van der Waals surface area contributed by atoms with Gasteiger partial charge in [0.05, 0.1) is 17.4 Å². The van der Waals surface area contributed by atoms with Crippen molar-refractivity contribution in [2.75, 3.05) is 24.5 Å². The predicted octanol–water partition coefficient (Wildman–Crippen LogP) is 2.96. The van der Waals surface area contributed by atoms with E-state index >= 15 is 0 Å². The van der Waals surface area contributed by atoms with Crippen LogP contribution in [0.5, 0.6) is 0 Å². The Hall–Kier alpha value is -3.20. The fourth-order valence-corrected chi connectivity index (χ4v) is 4.10. The predicted molar refractivity (Wildman–Crippen MR) is 124 cm³/mol. The molecule has 2 amide bonds. The zero-order chi connectivity index (χ0) is 22.5. The lowest BCUT2D eigenvalue weighted by Crippen LogP contribution is -2.52.